The summed E-state index contributed by atoms with van der Waals surface area (Å²) in [6.45, 7) is 0. The van der Waals surface area contributed by atoms with E-state index in [0.717, 1.165) is 0 Å². The summed E-state index contributed by atoms with van der Waals surface area (Å²) < 4.78 is 10.6. The van der Waals surface area contributed by atoms with Crippen LogP contribution in [0.3, 0.4) is 0 Å². The Morgan fingerprint density at radius 2 is 1.53 bits per heavy atom. The molecule has 0 aromatic heterocycles. The van der Waals surface area contributed by atoms with Crippen LogP contribution in [0.5, 0.6) is 17.2 Å². The van der Waals surface area contributed by atoms with Gasteiger partial charge in [0.25, 0.3) is 11.7 Å². The van der Waals surface area contributed by atoms with E-state index in [1.165, 1.54) is 31.3 Å². The minimum absolute atomic E-state index is 0.0400. The predicted molar refractivity (Wildman–Crippen MR) is 119 cm³/mol. The van der Waals surface area contributed by atoms with Crippen molar-refractivity contribution < 1.29 is 29.3 Å². The SMILES string of the molecule is COc1ccc(/C(O)=C2\C(=O)C(=O)N(c3ccccc3OC)C2c2ccc(O)cc2)cc1. The fraction of sp³-hybridized carbons (Fsp3) is 0.120. The van der Waals surface area contributed by atoms with Crippen LogP contribution >= 0.6 is 0 Å². The normalized spacial score (nSPS) is 17.4. The molecule has 7 nitrogen and oxygen atoms in total. The van der Waals surface area contributed by atoms with Crippen molar-refractivity contribution in [2.24, 2.45) is 0 Å². The highest BCUT2D eigenvalue weighted by molar-refractivity contribution is 6.51. The summed E-state index contributed by atoms with van der Waals surface area (Å²) in [6.07, 6.45) is 0. The van der Waals surface area contributed by atoms with Crippen LogP contribution in [0, 0.1) is 0 Å². The van der Waals surface area contributed by atoms with Crippen LogP contribution in [-0.2, 0) is 9.59 Å². The van der Waals surface area contributed by atoms with Crippen molar-refractivity contribution in [3.8, 4) is 17.2 Å². The van der Waals surface area contributed by atoms with Crippen LogP contribution in [0.4, 0.5) is 5.69 Å². The van der Waals surface area contributed by atoms with Crippen molar-refractivity contribution in [3.63, 3.8) is 0 Å². The largest absolute Gasteiger partial charge is 0.508 e. The second kappa shape index (κ2) is 8.47. The number of aromatic hydroxyl groups is 1. The number of hydrogen-bond donors (Lipinski definition) is 2. The summed E-state index contributed by atoms with van der Waals surface area (Å²) in [5, 5.41) is 20.8. The fourth-order valence-corrected chi connectivity index (χ4v) is 3.79. The molecule has 1 unspecified atom stereocenters. The molecule has 4 rings (SSSR count). The third kappa shape index (κ3) is 3.54. The summed E-state index contributed by atoms with van der Waals surface area (Å²) >= 11 is 0. The summed E-state index contributed by atoms with van der Waals surface area (Å²) in [5.74, 6) is -0.877. The molecule has 3 aromatic carbocycles. The van der Waals surface area contributed by atoms with E-state index in [1.54, 1.807) is 60.7 Å². The zero-order valence-electron chi connectivity index (χ0n) is 17.5. The van der Waals surface area contributed by atoms with Gasteiger partial charge in [0.05, 0.1) is 31.5 Å². The molecule has 0 saturated carbocycles. The summed E-state index contributed by atoms with van der Waals surface area (Å²) in [7, 11) is 3.00. The van der Waals surface area contributed by atoms with Crippen molar-refractivity contribution in [3.05, 3.63) is 89.5 Å². The number of ketones is 1. The topological polar surface area (TPSA) is 96.3 Å². The van der Waals surface area contributed by atoms with E-state index < -0.39 is 17.7 Å². The zero-order chi connectivity index (χ0) is 22.8. The molecular weight excluding hydrogens is 410 g/mol. The number of benzene rings is 3. The lowest BCUT2D eigenvalue weighted by Crippen LogP contribution is -2.29. The molecule has 2 N–H and O–H groups in total. The number of carbonyl (C=O) groups is 2. The quantitative estimate of drug-likeness (QED) is 0.360. The molecule has 1 atom stereocenters. The maximum absolute atomic E-state index is 13.2. The van der Waals surface area contributed by atoms with Gasteiger partial charge in [-0.25, -0.2) is 0 Å². The van der Waals surface area contributed by atoms with E-state index >= 15 is 0 Å². The molecule has 0 bridgehead atoms. The molecule has 0 spiro atoms. The van der Waals surface area contributed by atoms with Crippen molar-refractivity contribution in [2.45, 2.75) is 6.04 Å². The van der Waals surface area contributed by atoms with Gasteiger partial charge in [-0.15, -0.1) is 0 Å². The average Bonchev–Trinajstić information content (AvgIpc) is 3.09. The smallest absolute Gasteiger partial charge is 0.300 e. The number of anilines is 1. The number of phenolic OH excluding ortho intramolecular Hbond substituents is 1. The molecule has 1 heterocycles. The summed E-state index contributed by atoms with van der Waals surface area (Å²) in [6, 6.07) is 18.6. The number of ether oxygens (including phenoxy) is 2. The second-order valence-electron chi connectivity index (χ2n) is 7.16. The first-order chi connectivity index (χ1) is 15.5. The first-order valence-corrected chi connectivity index (χ1v) is 9.83. The monoisotopic (exact) mass is 431 g/mol. The standard InChI is InChI=1S/C25H21NO6/c1-31-18-13-9-16(10-14-18)23(28)21-22(15-7-11-17(27)12-8-15)26(25(30)24(21)29)19-5-3-4-6-20(19)32-2/h3-14,22,27-28H,1-2H3/b23-21+. The van der Waals surface area contributed by atoms with Gasteiger partial charge in [-0.05, 0) is 54.1 Å². The average molecular weight is 431 g/mol. The summed E-state index contributed by atoms with van der Waals surface area (Å²) in [5.41, 5.74) is 1.25. The van der Waals surface area contributed by atoms with E-state index in [1.807, 2.05) is 0 Å². The third-order valence-electron chi connectivity index (χ3n) is 5.36. The molecule has 32 heavy (non-hydrogen) atoms. The highest BCUT2D eigenvalue weighted by Crippen LogP contribution is 2.45. The van der Waals surface area contributed by atoms with Crippen molar-refractivity contribution in [1.82, 2.24) is 0 Å². The molecule has 7 heteroatoms. The number of methoxy groups -OCH3 is 2. The van der Waals surface area contributed by atoms with Gasteiger partial charge in [0, 0.05) is 5.56 Å². The number of nitrogens with zero attached hydrogens (tertiary/aromatic N) is 1. The molecule has 1 aliphatic heterocycles. The number of aliphatic hydroxyl groups excluding tert-OH is 1. The minimum atomic E-state index is -0.922. The summed E-state index contributed by atoms with van der Waals surface area (Å²) in [4.78, 5) is 27.6. The Morgan fingerprint density at radius 1 is 0.875 bits per heavy atom. The van der Waals surface area contributed by atoms with E-state index in [0.29, 0.717) is 28.3 Å². The number of hydrogen-bond acceptors (Lipinski definition) is 6. The van der Waals surface area contributed by atoms with E-state index in [2.05, 4.69) is 0 Å². The first kappa shape index (κ1) is 21.0. The Morgan fingerprint density at radius 3 is 2.16 bits per heavy atom. The molecule has 0 aliphatic carbocycles. The number of rotatable bonds is 5. The Hall–Kier alpha value is -4.26. The zero-order valence-corrected chi connectivity index (χ0v) is 17.5. The fourth-order valence-electron chi connectivity index (χ4n) is 3.79. The van der Waals surface area contributed by atoms with Crippen LogP contribution in [0.2, 0.25) is 0 Å². The molecule has 1 fully saturated rings. The van der Waals surface area contributed by atoms with Gasteiger partial charge in [-0.1, -0.05) is 24.3 Å². The highest BCUT2D eigenvalue weighted by atomic mass is 16.5. The Bertz CT molecular complexity index is 1200. The number of amides is 1. The first-order valence-electron chi connectivity index (χ1n) is 9.83. The van der Waals surface area contributed by atoms with Crippen molar-refractivity contribution in [1.29, 1.82) is 0 Å². The van der Waals surface area contributed by atoms with Gasteiger partial charge < -0.3 is 19.7 Å². The van der Waals surface area contributed by atoms with E-state index in [9.17, 15) is 19.8 Å². The van der Waals surface area contributed by atoms with Crippen molar-refractivity contribution in [2.75, 3.05) is 19.1 Å². The Balaban J connectivity index is 1.94. The molecule has 0 radical (unpaired) electrons. The van der Waals surface area contributed by atoms with Gasteiger partial charge >= 0.3 is 0 Å². The van der Waals surface area contributed by atoms with Gasteiger partial charge in [-0.2, -0.15) is 0 Å². The van der Waals surface area contributed by atoms with Crippen LogP contribution in [0.1, 0.15) is 17.2 Å². The molecule has 1 saturated heterocycles. The van der Waals surface area contributed by atoms with E-state index in [-0.39, 0.29) is 17.1 Å². The molecule has 1 amide bonds. The Kier molecular flexibility index (Phi) is 5.55. The number of carbonyl (C=O) groups excluding carboxylic acids is 2. The predicted octanol–water partition coefficient (Wildman–Crippen LogP) is 4.04. The molecule has 162 valence electrons. The van der Waals surface area contributed by atoms with Crippen molar-refractivity contribution >= 4 is 23.1 Å². The van der Waals surface area contributed by atoms with Gasteiger partial charge in [0.15, 0.2) is 0 Å². The van der Waals surface area contributed by atoms with Crippen LogP contribution in [0.25, 0.3) is 5.76 Å². The number of phenols is 1. The lowest BCUT2D eigenvalue weighted by molar-refractivity contribution is -0.132. The van der Waals surface area contributed by atoms with Crippen LogP contribution < -0.4 is 14.4 Å². The lowest BCUT2D eigenvalue weighted by atomic mass is 9.95. The molecule has 1 aliphatic rings. The lowest BCUT2D eigenvalue weighted by Gasteiger charge is -2.26. The number of para-hydroxylation sites is 2. The maximum atomic E-state index is 13.2. The highest BCUT2D eigenvalue weighted by Gasteiger charge is 2.47. The van der Waals surface area contributed by atoms with Crippen LogP contribution in [-0.4, -0.2) is 36.1 Å². The van der Waals surface area contributed by atoms with Gasteiger partial charge in [0.1, 0.15) is 23.0 Å². The number of Topliss-reactive ketones (excluding diaryl/α,β-unsaturated/α-hetero) is 1. The van der Waals surface area contributed by atoms with Gasteiger partial charge in [-0.3, -0.25) is 14.5 Å². The Labute approximate surface area is 184 Å². The van der Waals surface area contributed by atoms with E-state index in [4.69, 9.17) is 9.47 Å². The molecule has 3 aromatic rings. The minimum Gasteiger partial charge on any atom is -0.508 e. The third-order valence-corrected chi connectivity index (χ3v) is 5.36. The number of aliphatic hydroxyl groups is 1. The molecular formula is C25H21NO6. The van der Waals surface area contributed by atoms with Crippen LogP contribution in [0.15, 0.2) is 78.4 Å². The van der Waals surface area contributed by atoms with Gasteiger partial charge in [0.2, 0.25) is 0 Å². The second-order valence-corrected chi connectivity index (χ2v) is 7.16. The maximum Gasteiger partial charge on any atom is 0.300 e.